The number of ether oxygens (including phenoxy) is 1. The van der Waals surface area contributed by atoms with Gasteiger partial charge in [0.05, 0.1) is 13.0 Å². The minimum atomic E-state index is 0.0170. The van der Waals surface area contributed by atoms with Crippen LogP contribution < -0.4 is 5.32 Å². The summed E-state index contributed by atoms with van der Waals surface area (Å²) in [5, 5.41) is 3.33. The maximum atomic E-state index is 11.7. The van der Waals surface area contributed by atoms with E-state index in [0.717, 1.165) is 19.5 Å². The summed E-state index contributed by atoms with van der Waals surface area (Å²) in [4.78, 5) is 11.7. The molecule has 0 amide bonds. The van der Waals surface area contributed by atoms with Gasteiger partial charge in [-0.1, -0.05) is 6.42 Å². The first kappa shape index (κ1) is 9.97. The van der Waals surface area contributed by atoms with Crippen molar-refractivity contribution < 1.29 is 9.53 Å². The van der Waals surface area contributed by atoms with E-state index in [4.69, 9.17) is 4.74 Å². The summed E-state index contributed by atoms with van der Waals surface area (Å²) in [5.74, 6) is 1.31. The quantitative estimate of drug-likeness (QED) is 0.691. The van der Waals surface area contributed by atoms with Crippen LogP contribution in [0.3, 0.4) is 0 Å². The summed E-state index contributed by atoms with van der Waals surface area (Å²) in [6.07, 6.45) is 4.86. The van der Waals surface area contributed by atoms with Crippen molar-refractivity contribution in [2.75, 3.05) is 20.2 Å². The molecule has 1 heterocycles. The minimum Gasteiger partial charge on any atom is -0.469 e. The number of carbonyl (C=O) groups excluding carboxylic acids is 1. The van der Waals surface area contributed by atoms with E-state index in [1.165, 1.54) is 26.4 Å². The van der Waals surface area contributed by atoms with Gasteiger partial charge in [0.15, 0.2) is 0 Å². The summed E-state index contributed by atoms with van der Waals surface area (Å²) in [6, 6.07) is 0. The molecule has 2 atom stereocenters. The van der Waals surface area contributed by atoms with Crippen LogP contribution in [0.2, 0.25) is 0 Å². The molecule has 1 saturated carbocycles. The summed E-state index contributed by atoms with van der Waals surface area (Å²) < 4.78 is 4.91. The van der Waals surface area contributed by atoms with Crippen LogP contribution in [-0.4, -0.2) is 26.2 Å². The van der Waals surface area contributed by atoms with E-state index in [1.807, 2.05) is 0 Å². The fourth-order valence-corrected chi connectivity index (χ4v) is 2.69. The molecule has 0 aromatic rings. The van der Waals surface area contributed by atoms with Gasteiger partial charge in [0.2, 0.25) is 0 Å². The second-order valence-electron chi connectivity index (χ2n) is 4.49. The number of carbonyl (C=O) groups is 1. The van der Waals surface area contributed by atoms with Gasteiger partial charge < -0.3 is 10.1 Å². The summed E-state index contributed by atoms with van der Waals surface area (Å²) in [7, 11) is 1.51. The van der Waals surface area contributed by atoms with Gasteiger partial charge in [0.1, 0.15) is 0 Å². The molecular weight excluding hydrogens is 178 g/mol. The Bertz CT molecular complexity index is 207. The lowest BCUT2D eigenvalue weighted by Crippen LogP contribution is -2.36. The molecule has 0 aromatic carbocycles. The first-order chi connectivity index (χ1) is 6.83. The highest BCUT2D eigenvalue weighted by molar-refractivity contribution is 5.73. The van der Waals surface area contributed by atoms with E-state index in [9.17, 15) is 4.79 Å². The van der Waals surface area contributed by atoms with Gasteiger partial charge in [-0.3, -0.25) is 4.79 Å². The topological polar surface area (TPSA) is 38.3 Å². The van der Waals surface area contributed by atoms with Gasteiger partial charge in [0.25, 0.3) is 0 Å². The van der Waals surface area contributed by atoms with Crippen molar-refractivity contribution in [3.8, 4) is 0 Å². The molecule has 0 aromatic heterocycles. The highest BCUT2D eigenvalue weighted by Gasteiger charge is 2.39. The van der Waals surface area contributed by atoms with Crippen molar-refractivity contribution in [1.29, 1.82) is 0 Å². The Morgan fingerprint density at radius 3 is 2.57 bits per heavy atom. The fraction of sp³-hybridized carbons (Fsp3) is 0.909. The summed E-state index contributed by atoms with van der Waals surface area (Å²) in [5.41, 5.74) is 0. The molecule has 2 rings (SSSR count). The van der Waals surface area contributed by atoms with Crippen molar-refractivity contribution in [3.05, 3.63) is 0 Å². The monoisotopic (exact) mass is 197 g/mol. The Labute approximate surface area is 85.2 Å². The number of hydrogen-bond donors (Lipinski definition) is 1. The maximum absolute atomic E-state index is 11.7. The van der Waals surface area contributed by atoms with Crippen molar-refractivity contribution >= 4 is 5.97 Å². The van der Waals surface area contributed by atoms with Crippen LogP contribution >= 0.6 is 0 Å². The molecule has 0 spiro atoms. The Kier molecular flexibility index (Phi) is 3.06. The van der Waals surface area contributed by atoms with Gasteiger partial charge >= 0.3 is 5.97 Å². The number of nitrogens with one attached hydrogen (secondary N) is 1. The zero-order valence-electron chi connectivity index (χ0n) is 8.79. The van der Waals surface area contributed by atoms with E-state index < -0.39 is 0 Å². The zero-order chi connectivity index (χ0) is 9.97. The van der Waals surface area contributed by atoms with Crippen LogP contribution in [0.1, 0.15) is 25.7 Å². The summed E-state index contributed by atoms with van der Waals surface area (Å²) in [6.45, 7) is 2.06. The van der Waals surface area contributed by atoms with Crippen LogP contribution in [0.15, 0.2) is 0 Å². The molecule has 2 fully saturated rings. The second-order valence-corrected chi connectivity index (χ2v) is 4.49. The van der Waals surface area contributed by atoms with Crippen LogP contribution in [0.4, 0.5) is 0 Å². The molecule has 2 unspecified atom stereocenters. The molecule has 1 aliphatic carbocycles. The lowest BCUT2D eigenvalue weighted by atomic mass is 9.70. The second kappa shape index (κ2) is 4.30. The first-order valence-electron chi connectivity index (χ1n) is 5.61. The lowest BCUT2D eigenvalue weighted by molar-refractivity contribution is -0.151. The van der Waals surface area contributed by atoms with Crippen LogP contribution in [0.25, 0.3) is 0 Å². The number of hydrogen-bond acceptors (Lipinski definition) is 3. The molecule has 14 heavy (non-hydrogen) atoms. The van der Waals surface area contributed by atoms with E-state index in [0.29, 0.717) is 11.8 Å². The largest absolute Gasteiger partial charge is 0.469 e. The Hall–Kier alpha value is -0.570. The standard InChI is InChI=1S/C11H19NO2/c1-14-11(13)10(8-3-2-4-8)9-5-6-12-7-9/h8-10,12H,2-7H2,1H3. The van der Waals surface area contributed by atoms with Gasteiger partial charge in [-0.15, -0.1) is 0 Å². The molecule has 1 N–H and O–H groups in total. The predicted molar refractivity (Wildman–Crippen MR) is 53.8 cm³/mol. The smallest absolute Gasteiger partial charge is 0.309 e. The van der Waals surface area contributed by atoms with Gasteiger partial charge in [-0.25, -0.2) is 0 Å². The average Bonchev–Trinajstić information content (AvgIpc) is 2.62. The molecule has 1 saturated heterocycles. The van der Waals surface area contributed by atoms with Crippen LogP contribution in [0, 0.1) is 17.8 Å². The molecule has 0 bridgehead atoms. The number of methoxy groups -OCH3 is 1. The molecular formula is C11H19NO2. The Morgan fingerprint density at radius 2 is 2.14 bits per heavy atom. The average molecular weight is 197 g/mol. The predicted octanol–water partition coefficient (Wildman–Crippen LogP) is 1.19. The lowest BCUT2D eigenvalue weighted by Gasteiger charge is -2.35. The molecule has 0 radical (unpaired) electrons. The van der Waals surface area contributed by atoms with E-state index in [-0.39, 0.29) is 11.9 Å². The van der Waals surface area contributed by atoms with Gasteiger partial charge in [-0.2, -0.15) is 0 Å². The van der Waals surface area contributed by atoms with E-state index >= 15 is 0 Å². The molecule has 3 heteroatoms. The van der Waals surface area contributed by atoms with Crippen LogP contribution in [0.5, 0.6) is 0 Å². The molecule has 2 aliphatic rings. The normalized spacial score (nSPS) is 29.6. The first-order valence-corrected chi connectivity index (χ1v) is 5.61. The maximum Gasteiger partial charge on any atom is 0.309 e. The van der Waals surface area contributed by atoms with Crippen molar-refractivity contribution in [2.45, 2.75) is 25.7 Å². The zero-order valence-corrected chi connectivity index (χ0v) is 8.79. The van der Waals surface area contributed by atoms with Crippen molar-refractivity contribution in [1.82, 2.24) is 5.32 Å². The van der Waals surface area contributed by atoms with E-state index in [1.54, 1.807) is 0 Å². The van der Waals surface area contributed by atoms with E-state index in [2.05, 4.69) is 5.32 Å². The third kappa shape index (κ3) is 1.78. The molecule has 3 nitrogen and oxygen atoms in total. The van der Waals surface area contributed by atoms with Gasteiger partial charge in [-0.05, 0) is 44.2 Å². The number of esters is 1. The van der Waals surface area contributed by atoms with Crippen LogP contribution in [-0.2, 0) is 9.53 Å². The molecule has 1 aliphatic heterocycles. The third-order valence-corrected chi connectivity index (χ3v) is 3.74. The number of rotatable bonds is 3. The van der Waals surface area contributed by atoms with Crippen molar-refractivity contribution in [3.63, 3.8) is 0 Å². The minimum absolute atomic E-state index is 0.0170. The Balaban J connectivity index is 2.00. The molecule has 80 valence electrons. The SMILES string of the molecule is COC(=O)C(C1CCC1)C1CCNC1. The van der Waals surface area contributed by atoms with Crippen molar-refractivity contribution in [2.24, 2.45) is 17.8 Å². The highest BCUT2D eigenvalue weighted by atomic mass is 16.5. The fourth-order valence-electron chi connectivity index (χ4n) is 2.69. The highest BCUT2D eigenvalue weighted by Crippen LogP contribution is 2.39. The third-order valence-electron chi connectivity index (χ3n) is 3.74. The Morgan fingerprint density at radius 1 is 1.36 bits per heavy atom. The summed E-state index contributed by atoms with van der Waals surface area (Å²) >= 11 is 0. The van der Waals surface area contributed by atoms with Gasteiger partial charge in [0, 0.05) is 0 Å².